The minimum atomic E-state index is 0.517. The summed E-state index contributed by atoms with van der Waals surface area (Å²) in [5.74, 6) is 0.952. The van der Waals surface area contributed by atoms with Crippen LogP contribution < -0.4 is 5.32 Å². The molecule has 86 valence electrons. The molecule has 2 aromatic heterocycles. The van der Waals surface area contributed by atoms with Crippen LogP contribution in [-0.2, 0) is 6.54 Å². The molecular formula is C12H18N4. The highest BCUT2D eigenvalue weighted by molar-refractivity contribution is 5.70. The molecule has 0 aliphatic heterocycles. The van der Waals surface area contributed by atoms with Crippen LogP contribution in [0.3, 0.4) is 0 Å². The summed E-state index contributed by atoms with van der Waals surface area (Å²) in [6, 6.07) is 4.53. The Morgan fingerprint density at radius 3 is 2.94 bits per heavy atom. The smallest absolute Gasteiger partial charge is 0.177 e. The van der Waals surface area contributed by atoms with Crippen molar-refractivity contribution in [2.75, 3.05) is 0 Å². The van der Waals surface area contributed by atoms with E-state index in [0.717, 1.165) is 35.6 Å². The van der Waals surface area contributed by atoms with Crippen LogP contribution in [0.4, 0.5) is 0 Å². The van der Waals surface area contributed by atoms with Crippen LogP contribution in [0.2, 0.25) is 0 Å². The van der Waals surface area contributed by atoms with Crippen molar-refractivity contribution in [2.24, 2.45) is 0 Å². The summed E-state index contributed by atoms with van der Waals surface area (Å²) in [5.41, 5.74) is 2.81. The fraction of sp³-hybridized carbons (Fsp3) is 0.500. The summed E-state index contributed by atoms with van der Waals surface area (Å²) in [6.07, 6.45) is 1.12. The summed E-state index contributed by atoms with van der Waals surface area (Å²) in [5, 5.41) is 3.40. The number of aromatic amines is 1. The van der Waals surface area contributed by atoms with Gasteiger partial charge in [-0.05, 0) is 32.4 Å². The van der Waals surface area contributed by atoms with Gasteiger partial charge >= 0.3 is 0 Å². The topological polar surface area (TPSA) is 53.6 Å². The summed E-state index contributed by atoms with van der Waals surface area (Å²) < 4.78 is 0. The van der Waals surface area contributed by atoms with Crippen LogP contribution in [0.5, 0.6) is 0 Å². The molecule has 0 aliphatic carbocycles. The third kappa shape index (κ3) is 2.39. The number of nitrogens with zero attached hydrogens (tertiary/aromatic N) is 2. The van der Waals surface area contributed by atoms with Gasteiger partial charge in [-0.1, -0.05) is 6.92 Å². The van der Waals surface area contributed by atoms with Gasteiger partial charge < -0.3 is 10.3 Å². The number of H-pyrrole nitrogens is 1. The molecule has 0 saturated heterocycles. The van der Waals surface area contributed by atoms with Crippen molar-refractivity contribution in [1.82, 2.24) is 20.3 Å². The average Bonchev–Trinajstić information content (AvgIpc) is 2.67. The first-order chi connectivity index (χ1) is 7.69. The highest BCUT2D eigenvalue weighted by Crippen LogP contribution is 2.09. The number of aromatic nitrogens is 3. The molecule has 0 spiro atoms. The number of fused-ring (bicyclic) bond motifs is 1. The van der Waals surface area contributed by atoms with Gasteiger partial charge in [0, 0.05) is 11.7 Å². The van der Waals surface area contributed by atoms with Gasteiger partial charge in [-0.25, -0.2) is 9.97 Å². The second-order valence-electron chi connectivity index (χ2n) is 4.20. The fourth-order valence-corrected chi connectivity index (χ4v) is 1.54. The van der Waals surface area contributed by atoms with Crippen molar-refractivity contribution >= 4 is 11.2 Å². The zero-order valence-corrected chi connectivity index (χ0v) is 10.0. The Morgan fingerprint density at radius 1 is 1.38 bits per heavy atom. The van der Waals surface area contributed by atoms with Crippen molar-refractivity contribution < 1.29 is 0 Å². The lowest BCUT2D eigenvalue weighted by molar-refractivity contribution is 0.525. The Kier molecular flexibility index (Phi) is 3.19. The van der Waals surface area contributed by atoms with Crippen molar-refractivity contribution in [3.63, 3.8) is 0 Å². The number of rotatable bonds is 4. The fourth-order valence-electron chi connectivity index (χ4n) is 1.54. The highest BCUT2D eigenvalue weighted by atomic mass is 15.0. The second kappa shape index (κ2) is 4.61. The number of nitrogens with one attached hydrogen (secondary N) is 2. The van der Waals surface area contributed by atoms with E-state index in [-0.39, 0.29) is 0 Å². The lowest BCUT2D eigenvalue weighted by atomic mass is 10.2. The molecule has 0 aromatic carbocycles. The first-order valence-corrected chi connectivity index (χ1v) is 5.74. The van der Waals surface area contributed by atoms with E-state index in [1.807, 2.05) is 19.1 Å². The molecule has 2 rings (SSSR count). The highest BCUT2D eigenvalue weighted by Gasteiger charge is 2.04. The number of aryl methyl sites for hydroxylation is 1. The third-order valence-electron chi connectivity index (χ3n) is 2.76. The number of hydrogen-bond acceptors (Lipinski definition) is 3. The van der Waals surface area contributed by atoms with Crippen molar-refractivity contribution in [2.45, 2.75) is 39.8 Å². The second-order valence-corrected chi connectivity index (χ2v) is 4.20. The molecule has 1 atom stereocenters. The first kappa shape index (κ1) is 11.1. The van der Waals surface area contributed by atoms with E-state index in [2.05, 4.69) is 34.1 Å². The molecule has 0 amide bonds. The van der Waals surface area contributed by atoms with E-state index in [1.54, 1.807) is 0 Å². The van der Waals surface area contributed by atoms with Gasteiger partial charge in [-0.15, -0.1) is 0 Å². The lowest BCUT2D eigenvalue weighted by Gasteiger charge is -2.08. The molecule has 16 heavy (non-hydrogen) atoms. The molecule has 2 N–H and O–H groups in total. The monoisotopic (exact) mass is 218 g/mol. The maximum absolute atomic E-state index is 4.45. The van der Waals surface area contributed by atoms with Crippen LogP contribution in [0.25, 0.3) is 11.2 Å². The SMILES string of the molecule is CCC(C)NCc1nc2nc(C)ccc2[nH]1. The molecule has 0 bridgehead atoms. The Balaban J connectivity index is 2.13. The minimum Gasteiger partial charge on any atom is -0.340 e. The average molecular weight is 218 g/mol. The number of pyridine rings is 1. The van der Waals surface area contributed by atoms with Gasteiger partial charge in [0.15, 0.2) is 5.65 Å². The van der Waals surface area contributed by atoms with Crippen LogP contribution in [0.1, 0.15) is 31.8 Å². The maximum atomic E-state index is 4.45. The van der Waals surface area contributed by atoms with E-state index in [9.17, 15) is 0 Å². The van der Waals surface area contributed by atoms with E-state index >= 15 is 0 Å². The Labute approximate surface area is 95.5 Å². The van der Waals surface area contributed by atoms with Gasteiger partial charge in [0.1, 0.15) is 5.82 Å². The Morgan fingerprint density at radius 2 is 2.19 bits per heavy atom. The number of hydrogen-bond donors (Lipinski definition) is 2. The third-order valence-corrected chi connectivity index (χ3v) is 2.76. The maximum Gasteiger partial charge on any atom is 0.177 e. The summed E-state index contributed by atoms with van der Waals surface area (Å²) >= 11 is 0. The first-order valence-electron chi connectivity index (χ1n) is 5.74. The molecule has 0 aliphatic rings. The molecule has 0 fully saturated rings. The van der Waals surface area contributed by atoms with Crippen LogP contribution >= 0.6 is 0 Å². The van der Waals surface area contributed by atoms with Gasteiger partial charge in [0.25, 0.3) is 0 Å². The molecule has 0 saturated carbocycles. The van der Waals surface area contributed by atoms with E-state index in [0.29, 0.717) is 6.04 Å². The Hall–Kier alpha value is -1.42. The predicted molar refractivity (Wildman–Crippen MR) is 65.2 cm³/mol. The zero-order valence-electron chi connectivity index (χ0n) is 10.0. The molecular weight excluding hydrogens is 200 g/mol. The largest absolute Gasteiger partial charge is 0.340 e. The van der Waals surface area contributed by atoms with Gasteiger partial charge in [0.2, 0.25) is 0 Å². The normalized spacial score (nSPS) is 13.2. The molecule has 0 radical (unpaired) electrons. The zero-order chi connectivity index (χ0) is 11.5. The molecule has 4 nitrogen and oxygen atoms in total. The lowest BCUT2D eigenvalue weighted by Crippen LogP contribution is -2.24. The van der Waals surface area contributed by atoms with Crippen LogP contribution in [-0.4, -0.2) is 21.0 Å². The standard InChI is InChI=1S/C12H18N4/c1-4-8(2)13-7-11-15-10-6-5-9(3)14-12(10)16-11/h5-6,8,13H,4,7H2,1-3H3,(H,14,15,16). The molecule has 4 heteroatoms. The Bertz CT molecular complexity index is 475. The summed E-state index contributed by atoms with van der Waals surface area (Å²) in [6.45, 7) is 7.09. The van der Waals surface area contributed by atoms with Crippen molar-refractivity contribution in [3.05, 3.63) is 23.7 Å². The van der Waals surface area contributed by atoms with Crippen molar-refractivity contribution in [3.8, 4) is 0 Å². The van der Waals surface area contributed by atoms with E-state index in [4.69, 9.17) is 0 Å². The van der Waals surface area contributed by atoms with Crippen molar-refractivity contribution in [1.29, 1.82) is 0 Å². The van der Waals surface area contributed by atoms with Crippen LogP contribution in [0, 0.1) is 6.92 Å². The molecule has 2 heterocycles. The van der Waals surface area contributed by atoms with Gasteiger partial charge in [-0.3, -0.25) is 0 Å². The van der Waals surface area contributed by atoms with Crippen LogP contribution in [0.15, 0.2) is 12.1 Å². The summed E-state index contributed by atoms with van der Waals surface area (Å²) in [7, 11) is 0. The van der Waals surface area contributed by atoms with Gasteiger partial charge in [-0.2, -0.15) is 0 Å². The van der Waals surface area contributed by atoms with E-state index in [1.165, 1.54) is 0 Å². The molecule has 1 unspecified atom stereocenters. The van der Waals surface area contributed by atoms with E-state index < -0.39 is 0 Å². The minimum absolute atomic E-state index is 0.517. The summed E-state index contributed by atoms with van der Waals surface area (Å²) in [4.78, 5) is 12.1. The molecule has 2 aromatic rings. The quantitative estimate of drug-likeness (QED) is 0.826. The van der Waals surface area contributed by atoms with Gasteiger partial charge in [0.05, 0.1) is 12.1 Å². The predicted octanol–water partition coefficient (Wildman–Crippen LogP) is 2.15. The number of imidazole rings is 1.